The van der Waals surface area contributed by atoms with Gasteiger partial charge in [-0.15, -0.1) is 0 Å². The molecule has 0 bridgehead atoms. The maximum absolute atomic E-state index is 12.0. The lowest BCUT2D eigenvalue weighted by Crippen LogP contribution is -2.27. The third-order valence-electron chi connectivity index (χ3n) is 3.72. The van der Waals surface area contributed by atoms with Gasteiger partial charge in [-0.1, -0.05) is 0 Å². The zero-order valence-corrected chi connectivity index (χ0v) is 13.9. The minimum absolute atomic E-state index is 0.113. The lowest BCUT2D eigenvalue weighted by atomic mass is 10.1. The van der Waals surface area contributed by atoms with E-state index in [-0.39, 0.29) is 5.91 Å². The first-order chi connectivity index (χ1) is 11.2. The van der Waals surface area contributed by atoms with Crippen LogP contribution >= 0.6 is 11.3 Å². The predicted molar refractivity (Wildman–Crippen MR) is 91.6 cm³/mol. The van der Waals surface area contributed by atoms with Crippen molar-refractivity contribution in [1.29, 1.82) is 0 Å². The molecule has 118 valence electrons. The van der Waals surface area contributed by atoms with Crippen molar-refractivity contribution in [1.82, 2.24) is 20.1 Å². The molecule has 0 fully saturated rings. The van der Waals surface area contributed by atoms with Crippen molar-refractivity contribution in [3.05, 3.63) is 58.3 Å². The van der Waals surface area contributed by atoms with Crippen LogP contribution in [0.5, 0.6) is 0 Å². The second kappa shape index (κ2) is 6.75. The number of aryl methyl sites for hydroxylation is 1. The smallest absolute Gasteiger partial charge is 0.252 e. The molecule has 3 aromatic heterocycles. The lowest BCUT2D eigenvalue weighted by Gasteiger charge is -2.07. The molecule has 1 amide bonds. The van der Waals surface area contributed by atoms with Gasteiger partial charge in [0, 0.05) is 30.2 Å². The zero-order chi connectivity index (χ0) is 16.2. The molecule has 0 aliphatic carbocycles. The fourth-order valence-corrected chi connectivity index (χ4v) is 3.26. The van der Waals surface area contributed by atoms with Crippen molar-refractivity contribution in [3.8, 4) is 11.1 Å². The average Bonchev–Trinajstić information content (AvgIpc) is 3.17. The molecule has 0 atom stereocenters. The van der Waals surface area contributed by atoms with Gasteiger partial charge in [-0.3, -0.25) is 14.5 Å². The summed E-state index contributed by atoms with van der Waals surface area (Å²) in [7, 11) is 0. The predicted octanol–water partition coefficient (Wildman–Crippen LogP) is 3.05. The van der Waals surface area contributed by atoms with Crippen LogP contribution in [0.2, 0.25) is 0 Å². The highest BCUT2D eigenvalue weighted by atomic mass is 32.1. The second-order valence-electron chi connectivity index (χ2n) is 5.28. The van der Waals surface area contributed by atoms with E-state index in [0.717, 1.165) is 11.4 Å². The fourth-order valence-electron chi connectivity index (χ4n) is 2.61. The third-order valence-corrected chi connectivity index (χ3v) is 4.41. The van der Waals surface area contributed by atoms with E-state index in [0.29, 0.717) is 18.7 Å². The standard InChI is InChI=1S/C17H18N4OS/c1-12-16(15-5-9-23-11-15)13(2)21(20-12)8-7-19-17(22)14-4-3-6-18-10-14/h3-6,9-11H,7-8H2,1-2H3,(H,19,22). The molecule has 3 heterocycles. The highest BCUT2D eigenvalue weighted by molar-refractivity contribution is 7.08. The molecule has 3 rings (SSSR count). The van der Waals surface area contributed by atoms with Crippen LogP contribution in [0.1, 0.15) is 21.7 Å². The monoisotopic (exact) mass is 326 g/mol. The number of hydrogen-bond acceptors (Lipinski definition) is 4. The molecule has 0 aliphatic heterocycles. The topological polar surface area (TPSA) is 59.8 Å². The molecule has 0 aliphatic rings. The van der Waals surface area contributed by atoms with E-state index in [2.05, 4.69) is 39.1 Å². The Balaban J connectivity index is 1.65. The molecule has 3 aromatic rings. The summed E-state index contributed by atoms with van der Waals surface area (Å²) in [6.07, 6.45) is 3.21. The summed E-state index contributed by atoms with van der Waals surface area (Å²) in [5.41, 5.74) is 5.09. The Bertz CT molecular complexity index is 794. The first-order valence-electron chi connectivity index (χ1n) is 7.41. The number of aromatic nitrogens is 3. The van der Waals surface area contributed by atoms with Crippen molar-refractivity contribution in [2.24, 2.45) is 0 Å². The van der Waals surface area contributed by atoms with E-state index in [1.807, 2.05) is 11.6 Å². The Labute approximate surface area is 139 Å². The van der Waals surface area contributed by atoms with Crippen LogP contribution < -0.4 is 5.32 Å². The van der Waals surface area contributed by atoms with Crippen molar-refractivity contribution in [2.45, 2.75) is 20.4 Å². The third kappa shape index (κ3) is 3.32. The first-order valence-corrected chi connectivity index (χ1v) is 8.36. The van der Waals surface area contributed by atoms with Gasteiger partial charge in [0.25, 0.3) is 5.91 Å². The summed E-state index contributed by atoms with van der Waals surface area (Å²) in [4.78, 5) is 16.0. The normalized spacial score (nSPS) is 10.7. The Morgan fingerprint density at radius 2 is 2.22 bits per heavy atom. The van der Waals surface area contributed by atoms with Crippen LogP contribution in [0.25, 0.3) is 11.1 Å². The number of thiophene rings is 1. The van der Waals surface area contributed by atoms with Gasteiger partial charge in [0.05, 0.1) is 17.8 Å². The van der Waals surface area contributed by atoms with Gasteiger partial charge in [-0.25, -0.2) is 0 Å². The van der Waals surface area contributed by atoms with Gasteiger partial charge < -0.3 is 5.32 Å². The molecule has 0 radical (unpaired) electrons. The molecule has 23 heavy (non-hydrogen) atoms. The van der Waals surface area contributed by atoms with Crippen LogP contribution in [-0.4, -0.2) is 27.2 Å². The molecule has 0 spiro atoms. The summed E-state index contributed by atoms with van der Waals surface area (Å²) in [6.45, 7) is 5.25. The van der Waals surface area contributed by atoms with Crippen molar-refractivity contribution < 1.29 is 4.79 Å². The van der Waals surface area contributed by atoms with Crippen LogP contribution in [0.4, 0.5) is 0 Å². The summed E-state index contributed by atoms with van der Waals surface area (Å²) in [6, 6.07) is 5.61. The number of hydrogen-bond donors (Lipinski definition) is 1. The lowest BCUT2D eigenvalue weighted by molar-refractivity contribution is 0.0951. The molecule has 0 saturated heterocycles. The minimum Gasteiger partial charge on any atom is -0.350 e. The van der Waals surface area contributed by atoms with Gasteiger partial charge in [0.2, 0.25) is 0 Å². The molecule has 0 aromatic carbocycles. The van der Waals surface area contributed by atoms with Crippen molar-refractivity contribution >= 4 is 17.2 Å². The van der Waals surface area contributed by atoms with Crippen LogP contribution in [0, 0.1) is 13.8 Å². The molecular formula is C17H18N4OS. The van der Waals surface area contributed by atoms with Gasteiger partial charge in [0.15, 0.2) is 0 Å². The number of nitrogens with zero attached hydrogens (tertiary/aromatic N) is 3. The van der Waals surface area contributed by atoms with Crippen LogP contribution in [0.15, 0.2) is 41.4 Å². The highest BCUT2D eigenvalue weighted by Crippen LogP contribution is 2.28. The molecule has 5 nitrogen and oxygen atoms in total. The molecule has 1 N–H and O–H groups in total. The fraction of sp³-hybridized carbons (Fsp3) is 0.235. The molecule has 6 heteroatoms. The van der Waals surface area contributed by atoms with Gasteiger partial charge in [0.1, 0.15) is 0 Å². The maximum Gasteiger partial charge on any atom is 0.252 e. The number of carbonyl (C=O) groups is 1. The van der Waals surface area contributed by atoms with E-state index in [1.54, 1.807) is 35.9 Å². The zero-order valence-electron chi connectivity index (χ0n) is 13.1. The second-order valence-corrected chi connectivity index (χ2v) is 6.06. The Kier molecular flexibility index (Phi) is 4.52. The number of pyridine rings is 1. The Morgan fingerprint density at radius 1 is 1.35 bits per heavy atom. The summed E-state index contributed by atoms with van der Waals surface area (Å²) >= 11 is 1.68. The van der Waals surface area contributed by atoms with E-state index in [1.165, 1.54) is 11.1 Å². The summed E-state index contributed by atoms with van der Waals surface area (Å²) in [5, 5.41) is 11.7. The van der Waals surface area contributed by atoms with E-state index in [4.69, 9.17) is 0 Å². The van der Waals surface area contributed by atoms with Gasteiger partial charge in [-0.2, -0.15) is 16.4 Å². The van der Waals surface area contributed by atoms with Gasteiger partial charge >= 0.3 is 0 Å². The highest BCUT2D eigenvalue weighted by Gasteiger charge is 2.13. The minimum atomic E-state index is -0.113. The van der Waals surface area contributed by atoms with E-state index >= 15 is 0 Å². The number of nitrogens with one attached hydrogen (secondary N) is 1. The van der Waals surface area contributed by atoms with Crippen LogP contribution in [-0.2, 0) is 6.54 Å². The van der Waals surface area contributed by atoms with Crippen molar-refractivity contribution in [2.75, 3.05) is 6.54 Å². The molecule has 0 saturated carbocycles. The largest absolute Gasteiger partial charge is 0.350 e. The SMILES string of the molecule is Cc1nn(CCNC(=O)c2cccnc2)c(C)c1-c1ccsc1. The summed E-state index contributed by atoms with van der Waals surface area (Å²) in [5.74, 6) is -0.113. The van der Waals surface area contributed by atoms with E-state index in [9.17, 15) is 4.79 Å². The Hall–Kier alpha value is -2.47. The molecular weight excluding hydrogens is 308 g/mol. The maximum atomic E-state index is 12.0. The average molecular weight is 326 g/mol. The van der Waals surface area contributed by atoms with Gasteiger partial charge in [-0.05, 0) is 48.4 Å². The quantitative estimate of drug-likeness (QED) is 0.784. The summed E-state index contributed by atoms with van der Waals surface area (Å²) < 4.78 is 1.95. The van der Waals surface area contributed by atoms with Crippen molar-refractivity contribution in [3.63, 3.8) is 0 Å². The number of amides is 1. The number of carbonyl (C=O) groups excluding carboxylic acids is 1. The van der Waals surface area contributed by atoms with E-state index < -0.39 is 0 Å². The van der Waals surface area contributed by atoms with Crippen LogP contribution in [0.3, 0.4) is 0 Å². The molecule has 0 unspecified atom stereocenters. The first kappa shape index (κ1) is 15.4. The Morgan fingerprint density at radius 3 is 2.91 bits per heavy atom. The number of rotatable bonds is 5.